The molecule has 1 aromatic heterocycles. The average molecular weight is 390 g/mol. The second kappa shape index (κ2) is 10.2. The third-order valence-corrected chi connectivity index (χ3v) is 3.90. The van der Waals surface area contributed by atoms with Crippen LogP contribution in [-0.4, -0.2) is 53.1 Å². The van der Waals surface area contributed by atoms with Crippen LogP contribution in [0, 0.1) is 17.0 Å². The van der Waals surface area contributed by atoms with Crippen molar-refractivity contribution in [3.05, 3.63) is 51.8 Å². The van der Waals surface area contributed by atoms with Crippen LogP contribution in [0.25, 0.3) is 0 Å². The Morgan fingerprint density at radius 3 is 2.79 bits per heavy atom. The van der Waals surface area contributed by atoms with Gasteiger partial charge in [0.1, 0.15) is 12.8 Å². The highest BCUT2D eigenvalue weighted by molar-refractivity contribution is 5.99. The topological polar surface area (TPSA) is 128 Å². The third-order valence-electron chi connectivity index (χ3n) is 3.90. The van der Waals surface area contributed by atoms with Gasteiger partial charge in [-0.1, -0.05) is 11.2 Å². The smallest absolute Gasteiger partial charge is 0.273 e. The van der Waals surface area contributed by atoms with E-state index in [4.69, 9.17) is 4.74 Å². The van der Waals surface area contributed by atoms with Crippen molar-refractivity contribution < 1.29 is 23.8 Å². The number of nitro groups is 1. The summed E-state index contributed by atoms with van der Waals surface area (Å²) in [5, 5.41) is 17.3. The lowest BCUT2D eigenvalue weighted by molar-refractivity contribution is -0.385. The molecular weight excluding hydrogens is 368 g/mol. The first-order valence-corrected chi connectivity index (χ1v) is 8.74. The number of ether oxygens (including phenoxy) is 1. The SMILES string of the molecule is CCOCCCN(CC(=O)Nc1ccon1)C(=O)c1ccc(C)c([N+](=O)[O-])c1. The molecule has 0 unspecified atom stereocenters. The molecule has 2 rings (SSSR count). The van der Waals surface area contributed by atoms with Crippen LogP contribution in [0.4, 0.5) is 11.5 Å². The summed E-state index contributed by atoms with van der Waals surface area (Å²) in [7, 11) is 0. The van der Waals surface area contributed by atoms with E-state index >= 15 is 0 Å². The maximum atomic E-state index is 12.9. The molecule has 0 saturated heterocycles. The summed E-state index contributed by atoms with van der Waals surface area (Å²) in [6.45, 7) is 4.45. The summed E-state index contributed by atoms with van der Waals surface area (Å²) in [5.74, 6) is -0.701. The first-order chi connectivity index (χ1) is 13.4. The van der Waals surface area contributed by atoms with Gasteiger partial charge in [-0.05, 0) is 26.3 Å². The number of nitrogens with zero attached hydrogens (tertiary/aromatic N) is 3. The van der Waals surface area contributed by atoms with Gasteiger partial charge in [0.15, 0.2) is 5.82 Å². The Morgan fingerprint density at radius 2 is 2.14 bits per heavy atom. The summed E-state index contributed by atoms with van der Waals surface area (Å²) in [6.07, 6.45) is 1.83. The number of aryl methyl sites for hydroxylation is 1. The van der Waals surface area contributed by atoms with Gasteiger partial charge in [-0.25, -0.2) is 0 Å². The van der Waals surface area contributed by atoms with E-state index in [9.17, 15) is 19.7 Å². The molecule has 28 heavy (non-hydrogen) atoms. The highest BCUT2D eigenvalue weighted by Crippen LogP contribution is 2.20. The van der Waals surface area contributed by atoms with Crippen molar-refractivity contribution in [2.24, 2.45) is 0 Å². The van der Waals surface area contributed by atoms with Crippen LogP contribution in [0.1, 0.15) is 29.3 Å². The van der Waals surface area contributed by atoms with E-state index in [-0.39, 0.29) is 30.2 Å². The molecule has 2 amide bonds. The molecule has 10 nitrogen and oxygen atoms in total. The van der Waals surface area contributed by atoms with Crippen LogP contribution in [-0.2, 0) is 9.53 Å². The lowest BCUT2D eigenvalue weighted by Crippen LogP contribution is -2.39. The van der Waals surface area contributed by atoms with Gasteiger partial charge in [0, 0.05) is 43.0 Å². The highest BCUT2D eigenvalue weighted by Gasteiger charge is 2.22. The predicted octanol–water partition coefficient (Wildman–Crippen LogP) is 2.40. The lowest BCUT2D eigenvalue weighted by Gasteiger charge is -2.22. The lowest BCUT2D eigenvalue weighted by atomic mass is 10.1. The molecule has 0 aliphatic carbocycles. The van der Waals surface area contributed by atoms with E-state index in [1.807, 2.05) is 6.92 Å². The Morgan fingerprint density at radius 1 is 1.36 bits per heavy atom. The largest absolute Gasteiger partial charge is 0.382 e. The van der Waals surface area contributed by atoms with E-state index in [1.54, 1.807) is 6.92 Å². The maximum absolute atomic E-state index is 12.9. The number of amides is 2. The van der Waals surface area contributed by atoms with Crippen molar-refractivity contribution in [1.29, 1.82) is 0 Å². The molecule has 1 N–H and O–H groups in total. The molecule has 10 heteroatoms. The van der Waals surface area contributed by atoms with Gasteiger partial charge in [-0.15, -0.1) is 0 Å². The minimum absolute atomic E-state index is 0.142. The number of carbonyl (C=O) groups excluding carboxylic acids is 2. The summed E-state index contributed by atoms with van der Waals surface area (Å²) in [6, 6.07) is 5.72. The van der Waals surface area contributed by atoms with E-state index in [0.717, 1.165) is 0 Å². The highest BCUT2D eigenvalue weighted by atomic mass is 16.6. The standard InChI is InChI=1S/C18H22N4O6/c1-3-27-9-4-8-21(12-17(23)19-16-7-10-28-20-16)18(24)14-6-5-13(2)15(11-14)22(25)26/h5-7,10-11H,3-4,8-9,12H2,1-2H3,(H,19,20,23). The zero-order valence-electron chi connectivity index (χ0n) is 15.7. The fourth-order valence-corrected chi connectivity index (χ4v) is 2.51. The number of benzene rings is 1. The number of nitrogens with one attached hydrogen (secondary N) is 1. The van der Waals surface area contributed by atoms with Crippen molar-refractivity contribution in [2.45, 2.75) is 20.3 Å². The molecule has 0 fully saturated rings. The zero-order valence-corrected chi connectivity index (χ0v) is 15.7. The molecule has 0 saturated carbocycles. The summed E-state index contributed by atoms with van der Waals surface area (Å²) in [4.78, 5) is 37.1. The van der Waals surface area contributed by atoms with Gasteiger partial charge in [-0.2, -0.15) is 0 Å². The molecule has 1 aromatic carbocycles. The number of hydrogen-bond acceptors (Lipinski definition) is 7. The van der Waals surface area contributed by atoms with Crippen LogP contribution in [0.15, 0.2) is 35.1 Å². The molecule has 0 atom stereocenters. The van der Waals surface area contributed by atoms with Gasteiger partial charge in [-0.3, -0.25) is 19.7 Å². The summed E-state index contributed by atoms with van der Waals surface area (Å²) < 4.78 is 9.93. The monoisotopic (exact) mass is 390 g/mol. The van der Waals surface area contributed by atoms with Gasteiger partial charge in [0.2, 0.25) is 5.91 Å². The van der Waals surface area contributed by atoms with Gasteiger partial charge in [0.25, 0.3) is 11.6 Å². The molecule has 0 spiro atoms. The van der Waals surface area contributed by atoms with Crippen LogP contribution in [0.3, 0.4) is 0 Å². The number of aromatic nitrogens is 1. The van der Waals surface area contributed by atoms with Crippen LogP contribution < -0.4 is 5.32 Å². The Hall–Kier alpha value is -3.27. The number of carbonyl (C=O) groups is 2. The van der Waals surface area contributed by atoms with Gasteiger partial charge in [0.05, 0.1) is 4.92 Å². The normalized spacial score (nSPS) is 10.5. The van der Waals surface area contributed by atoms with Crippen molar-refractivity contribution in [3.63, 3.8) is 0 Å². The minimum atomic E-state index is -0.539. The van der Waals surface area contributed by atoms with Crippen molar-refractivity contribution in [2.75, 3.05) is 31.6 Å². The second-order valence-corrected chi connectivity index (χ2v) is 5.97. The van der Waals surface area contributed by atoms with E-state index in [2.05, 4.69) is 15.0 Å². The number of anilines is 1. The molecule has 2 aromatic rings. The van der Waals surface area contributed by atoms with Gasteiger partial charge < -0.3 is 19.5 Å². The Labute approximate surface area is 161 Å². The van der Waals surface area contributed by atoms with E-state index < -0.39 is 16.7 Å². The van der Waals surface area contributed by atoms with Crippen molar-refractivity contribution in [3.8, 4) is 0 Å². The van der Waals surface area contributed by atoms with Crippen molar-refractivity contribution in [1.82, 2.24) is 10.1 Å². The average Bonchev–Trinajstić information content (AvgIpc) is 3.16. The molecule has 0 aliphatic rings. The Kier molecular flexibility index (Phi) is 7.64. The van der Waals surface area contributed by atoms with Crippen LogP contribution >= 0.6 is 0 Å². The Balaban J connectivity index is 2.14. The third kappa shape index (κ3) is 5.88. The fourth-order valence-electron chi connectivity index (χ4n) is 2.51. The fraction of sp³-hybridized carbons (Fsp3) is 0.389. The summed E-state index contributed by atoms with van der Waals surface area (Å²) >= 11 is 0. The van der Waals surface area contributed by atoms with Gasteiger partial charge >= 0.3 is 0 Å². The molecule has 0 bridgehead atoms. The molecule has 0 aliphatic heterocycles. The predicted molar refractivity (Wildman–Crippen MR) is 100.0 cm³/mol. The minimum Gasteiger partial charge on any atom is -0.382 e. The number of nitro benzene ring substituents is 1. The maximum Gasteiger partial charge on any atom is 0.273 e. The zero-order chi connectivity index (χ0) is 20.5. The number of rotatable bonds is 10. The second-order valence-electron chi connectivity index (χ2n) is 5.97. The molecule has 1 heterocycles. The quantitative estimate of drug-likeness (QED) is 0.375. The van der Waals surface area contributed by atoms with Crippen LogP contribution in [0.2, 0.25) is 0 Å². The number of hydrogen-bond donors (Lipinski definition) is 1. The summed E-state index contributed by atoms with van der Waals surface area (Å²) in [5.41, 5.74) is 0.448. The van der Waals surface area contributed by atoms with Crippen molar-refractivity contribution >= 4 is 23.3 Å². The van der Waals surface area contributed by atoms with E-state index in [0.29, 0.717) is 25.2 Å². The first kappa shape index (κ1) is 21.0. The molecule has 0 radical (unpaired) electrons. The Bertz CT molecular complexity index is 821. The van der Waals surface area contributed by atoms with E-state index in [1.165, 1.54) is 35.4 Å². The molecular formula is C18H22N4O6. The van der Waals surface area contributed by atoms with Crippen LogP contribution in [0.5, 0.6) is 0 Å². The molecule has 150 valence electrons. The first-order valence-electron chi connectivity index (χ1n) is 8.74.